The maximum atomic E-state index is 12.3. The number of hydrogen-bond acceptors (Lipinski definition) is 6. The van der Waals surface area contributed by atoms with Crippen molar-refractivity contribution >= 4 is 17.2 Å². The maximum absolute atomic E-state index is 12.3. The van der Waals surface area contributed by atoms with Gasteiger partial charge in [0.15, 0.2) is 0 Å². The molecule has 0 spiro atoms. The lowest BCUT2D eigenvalue weighted by molar-refractivity contribution is -0.121. The summed E-state index contributed by atoms with van der Waals surface area (Å²) in [5.41, 5.74) is 2.18. The topological polar surface area (TPSA) is 81.9 Å². The van der Waals surface area contributed by atoms with Crippen LogP contribution in [0.15, 0.2) is 47.4 Å². The van der Waals surface area contributed by atoms with Crippen LogP contribution in [0.3, 0.4) is 0 Å². The number of methoxy groups -OCH3 is 1. The van der Waals surface area contributed by atoms with E-state index in [1.54, 1.807) is 23.1 Å². The quantitative estimate of drug-likeness (QED) is 0.667. The molecule has 0 saturated carbocycles. The van der Waals surface area contributed by atoms with Crippen molar-refractivity contribution in [1.29, 1.82) is 0 Å². The largest absolute Gasteiger partial charge is 0.497 e. The van der Waals surface area contributed by atoms with Crippen LogP contribution in [0.5, 0.6) is 5.75 Å². The Balaban J connectivity index is 1.53. The number of tetrazole rings is 1. The number of rotatable bonds is 8. The van der Waals surface area contributed by atoms with Crippen LogP contribution in [0, 0.1) is 0 Å². The molecule has 2 heterocycles. The Morgan fingerprint density at radius 3 is 2.80 bits per heavy atom. The van der Waals surface area contributed by atoms with Crippen molar-refractivity contribution in [3.05, 3.63) is 58.5 Å². The molecule has 3 rings (SSSR count). The van der Waals surface area contributed by atoms with E-state index >= 15 is 0 Å². The van der Waals surface area contributed by atoms with Crippen LogP contribution < -0.4 is 10.1 Å². The summed E-state index contributed by atoms with van der Waals surface area (Å²) in [5.74, 6) is 0.799. The van der Waals surface area contributed by atoms with Gasteiger partial charge in [-0.05, 0) is 56.9 Å². The van der Waals surface area contributed by atoms with Crippen molar-refractivity contribution in [1.82, 2.24) is 25.5 Å². The molecule has 0 radical (unpaired) electrons. The Morgan fingerprint density at radius 1 is 1.32 bits per heavy atom. The number of benzene rings is 1. The molecule has 3 aromatic rings. The lowest BCUT2D eigenvalue weighted by Gasteiger charge is -2.15. The second-order valence-electron chi connectivity index (χ2n) is 5.51. The average molecular weight is 357 g/mol. The molecular formula is C17H19N5O2S. The highest BCUT2D eigenvalue weighted by atomic mass is 32.1. The number of nitrogens with one attached hydrogen (secondary N) is 1. The van der Waals surface area contributed by atoms with Crippen molar-refractivity contribution < 1.29 is 9.53 Å². The minimum atomic E-state index is -0.192. The predicted molar refractivity (Wildman–Crippen MR) is 94.6 cm³/mol. The van der Waals surface area contributed by atoms with Gasteiger partial charge in [-0.15, -0.1) is 5.10 Å². The van der Waals surface area contributed by atoms with E-state index in [0.717, 1.165) is 23.3 Å². The molecule has 1 atom stereocenters. The van der Waals surface area contributed by atoms with Crippen LogP contribution >= 0.6 is 11.3 Å². The van der Waals surface area contributed by atoms with Crippen molar-refractivity contribution in [2.75, 3.05) is 13.7 Å². The Morgan fingerprint density at radius 2 is 2.16 bits per heavy atom. The van der Waals surface area contributed by atoms with E-state index in [-0.39, 0.29) is 11.9 Å². The first-order chi connectivity index (χ1) is 12.3. The van der Waals surface area contributed by atoms with E-state index in [9.17, 15) is 4.79 Å². The van der Waals surface area contributed by atoms with Crippen molar-refractivity contribution in [3.63, 3.8) is 0 Å². The molecule has 2 aromatic heterocycles. The molecule has 1 aromatic carbocycles. The summed E-state index contributed by atoms with van der Waals surface area (Å²) in [6.45, 7) is 0.580. The maximum Gasteiger partial charge on any atom is 0.222 e. The van der Waals surface area contributed by atoms with Gasteiger partial charge in [-0.1, -0.05) is 12.1 Å². The monoisotopic (exact) mass is 357 g/mol. The standard InChI is InChI=1S/C17H19N5O2S/c1-24-15-4-2-13(3-5-15)6-8-18-17(23)10-16(14-7-9-25-11-14)22-12-19-20-21-22/h2-5,7,9,11-12,16H,6,8,10H2,1H3,(H,18,23). The van der Waals surface area contributed by atoms with Crippen LogP contribution in [0.2, 0.25) is 0 Å². The zero-order chi connectivity index (χ0) is 17.5. The lowest BCUT2D eigenvalue weighted by atomic mass is 10.1. The summed E-state index contributed by atoms with van der Waals surface area (Å²) in [5, 5.41) is 18.2. The molecule has 0 aliphatic heterocycles. The summed E-state index contributed by atoms with van der Waals surface area (Å²) in [7, 11) is 1.64. The molecular weight excluding hydrogens is 338 g/mol. The third-order valence-corrected chi connectivity index (χ3v) is 4.59. The lowest BCUT2D eigenvalue weighted by Crippen LogP contribution is -2.29. The van der Waals surface area contributed by atoms with Crippen LogP contribution in [0.25, 0.3) is 0 Å². The Bertz CT molecular complexity index is 738. The highest BCUT2D eigenvalue weighted by Gasteiger charge is 2.19. The molecule has 0 fully saturated rings. The zero-order valence-corrected chi connectivity index (χ0v) is 14.6. The first-order valence-corrected chi connectivity index (χ1v) is 8.84. The second kappa shape index (κ2) is 8.39. The van der Waals surface area contributed by atoms with E-state index < -0.39 is 0 Å². The summed E-state index contributed by atoms with van der Waals surface area (Å²) < 4.78 is 6.76. The van der Waals surface area contributed by atoms with Gasteiger partial charge in [0.1, 0.15) is 12.1 Å². The number of amides is 1. The van der Waals surface area contributed by atoms with E-state index in [0.29, 0.717) is 13.0 Å². The molecule has 1 amide bonds. The first kappa shape index (κ1) is 17.1. The number of nitrogens with zero attached hydrogens (tertiary/aromatic N) is 4. The zero-order valence-electron chi connectivity index (χ0n) is 13.8. The molecule has 0 bridgehead atoms. The fourth-order valence-electron chi connectivity index (χ4n) is 2.53. The third-order valence-electron chi connectivity index (χ3n) is 3.89. The highest BCUT2D eigenvalue weighted by Crippen LogP contribution is 2.23. The number of carbonyl (C=O) groups excluding carboxylic acids is 1. The van der Waals surface area contributed by atoms with Gasteiger partial charge in [-0.25, -0.2) is 4.68 Å². The molecule has 0 aliphatic rings. The molecule has 8 heteroatoms. The molecule has 0 aliphatic carbocycles. The number of carbonyl (C=O) groups is 1. The normalized spacial score (nSPS) is 11.9. The molecule has 7 nitrogen and oxygen atoms in total. The van der Waals surface area contributed by atoms with Gasteiger partial charge in [0.2, 0.25) is 5.91 Å². The van der Waals surface area contributed by atoms with E-state index in [1.165, 1.54) is 6.33 Å². The van der Waals surface area contributed by atoms with E-state index in [2.05, 4.69) is 20.8 Å². The van der Waals surface area contributed by atoms with Gasteiger partial charge in [-0.3, -0.25) is 4.79 Å². The van der Waals surface area contributed by atoms with E-state index in [4.69, 9.17) is 4.74 Å². The van der Waals surface area contributed by atoms with Gasteiger partial charge < -0.3 is 10.1 Å². The van der Waals surface area contributed by atoms with Crippen LogP contribution in [0.4, 0.5) is 0 Å². The highest BCUT2D eigenvalue weighted by molar-refractivity contribution is 7.07. The van der Waals surface area contributed by atoms with Gasteiger partial charge in [0, 0.05) is 6.54 Å². The fraction of sp³-hybridized carbons (Fsp3) is 0.294. The second-order valence-corrected chi connectivity index (χ2v) is 6.29. The van der Waals surface area contributed by atoms with Gasteiger partial charge in [0.05, 0.1) is 19.6 Å². The van der Waals surface area contributed by atoms with Gasteiger partial charge >= 0.3 is 0 Å². The molecule has 1 N–H and O–H groups in total. The molecule has 0 saturated heterocycles. The van der Waals surface area contributed by atoms with Crippen LogP contribution in [-0.4, -0.2) is 39.8 Å². The third kappa shape index (κ3) is 4.63. The predicted octanol–water partition coefficient (Wildman–Crippen LogP) is 2.08. The smallest absolute Gasteiger partial charge is 0.222 e. The summed E-state index contributed by atoms with van der Waals surface area (Å²) in [6, 6.07) is 9.63. The number of aromatic nitrogens is 4. The van der Waals surface area contributed by atoms with Crippen molar-refractivity contribution in [3.8, 4) is 5.75 Å². The molecule has 130 valence electrons. The minimum absolute atomic E-state index is 0.0276. The molecule has 1 unspecified atom stereocenters. The summed E-state index contributed by atoms with van der Waals surface area (Å²) >= 11 is 1.59. The van der Waals surface area contributed by atoms with Crippen molar-refractivity contribution in [2.45, 2.75) is 18.9 Å². The van der Waals surface area contributed by atoms with Crippen LogP contribution in [0.1, 0.15) is 23.6 Å². The number of ether oxygens (including phenoxy) is 1. The fourth-order valence-corrected chi connectivity index (χ4v) is 3.23. The Labute approximate surface area is 149 Å². The SMILES string of the molecule is COc1ccc(CCNC(=O)CC(c2ccsc2)n2cnnn2)cc1. The number of thiophene rings is 1. The summed E-state index contributed by atoms with van der Waals surface area (Å²) in [4.78, 5) is 12.3. The Hall–Kier alpha value is -2.74. The van der Waals surface area contributed by atoms with Crippen LogP contribution in [-0.2, 0) is 11.2 Å². The van der Waals surface area contributed by atoms with E-state index in [1.807, 2.05) is 41.1 Å². The minimum Gasteiger partial charge on any atom is -0.497 e. The average Bonchev–Trinajstić information content (AvgIpc) is 3.34. The van der Waals surface area contributed by atoms with Gasteiger partial charge in [0.25, 0.3) is 0 Å². The first-order valence-electron chi connectivity index (χ1n) is 7.90. The van der Waals surface area contributed by atoms with Crippen molar-refractivity contribution in [2.24, 2.45) is 0 Å². The van der Waals surface area contributed by atoms with Gasteiger partial charge in [-0.2, -0.15) is 11.3 Å². The number of hydrogen-bond donors (Lipinski definition) is 1. The summed E-state index contributed by atoms with van der Waals surface area (Å²) in [6.07, 6.45) is 2.60. The Kier molecular flexibility index (Phi) is 5.73. The molecule has 25 heavy (non-hydrogen) atoms.